The van der Waals surface area contributed by atoms with Crippen molar-refractivity contribution in [1.82, 2.24) is 10.6 Å². The molecule has 0 aliphatic heterocycles. The van der Waals surface area contributed by atoms with Gasteiger partial charge in [0.15, 0.2) is 12.4 Å². The quantitative estimate of drug-likeness (QED) is 0.168. The van der Waals surface area contributed by atoms with Gasteiger partial charge in [-0.3, -0.25) is 23.7 Å². The maximum absolute atomic E-state index is 14.1. The smallest absolute Gasteiger partial charge is 0.305 e. The molecule has 4 rings (SSSR count). The number of nitrogens with one attached hydrogen (secondary N) is 2. The van der Waals surface area contributed by atoms with E-state index in [2.05, 4.69) is 10.6 Å². The van der Waals surface area contributed by atoms with E-state index in [1.54, 1.807) is 80.6 Å². The first kappa shape index (κ1) is 33.1. The van der Waals surface area contributed by atoms with Crippen molar-refractivity contribution in [2.24, 2.45) is 5.92 Å². The topological polar surface area (TPSA) is 148 Å². The molecule has 3 N–H and O–H groups in total. The van der Waals surface area contributed by atoms with Crippen molar-refractivity contribution < 1.29 is 38.1 Å². The molecule has 0 saturated carbocycles. The van der Waals surface area contributed by atoms with Crippen molar-refractivity contribution >= 4 is 52.3 Å². The molecule has 10 nitrogen and oxygen atoms in total. The summed E-state index contributed by atoms with van der Waals surface area (Å²) in [7, 11) is -3.74. The summed E-state index contributed by atoms with van der Waals surface area (Å²) < 4.78 is 25.6. The zero-order chi connectivity index (χ0) is 32.4. The van der Waals surface area contributed by atoms with E-state index in [1.807, 2.05) is 36.4 Å². The van der Waals surface area contributed by atoms with Crippen LogP contribution in [0.2, 0.25) is 0 Å². The number of ketones is 1. The first-order chi connectivity index (χ1) is 21.6. The Morgan fingerprint density at radius 3 is 1.93 bits per heavy atom. The normalized spacial score (nSPS) is 12.7. The van der Waals surface area contributed by atoms with Gasteiger partial charge in [-0.1, -0.05) is 86.6 Å². The van der Waals surface area contributed by atoms with E-state index in [0.717, 1.165) is 10.8 Å². The Labute approximate surface area is 261 Å². The third-order valence-corrected chi connectivity index (χ3v) is 9.49. The van der Waals surface area contributed by atoms with Crippen LogP contribution in [0.4, 0.5) is 0 Å². The summed E-state index contributed by atoms with van der Waals surface area (Å²) in [6.45, 7) is 2.30. The molecule has 0 radical (unpaired) electrons. The highest BCUT2D eigenvalue weighted by Crippen LogP contribution is 2.44. The maximum Gasteiger partial charge on any atom is 0.305 e. The average molecular weight is 631 g/mol. The third-order valence-electron chi connectivity index (χ3n) is 7.04. The Balaban J connectivity index is 1.43. The van der Waals surface area contributed by atoms with Gasteiger partial charge in [0.2, 0.25) is 5.91 Å². The number of carbonyl (C=O) groups is 4. The molecule has 11 heteroatoms. The lowest BCUT2D eigenvalue weighted by Crippen LogP contribution is -2.55. The highest BCUT2D eigenvalue weighted by Gasteiger charge is 2.33. The van der Waals surface area contributed by atoms with Crippen LogP contribution in [0.3, 0.4) is 0 Å². The summed E-state index contributed by atoms with van der Waals surface area (Å²) in [4.78, 5) is 51.0. The molecule has 45 heavy (non-hydrogen) atoms. The number of benzene rings is 4. The van der Waals surface area contributed by atoms with Crippen molar-refractivity contribution in [3.63, 3.8) is 0 Å². The van der Waals surface area contributed by atoms with Crippen LogP contribution < -0.4 is 26.0 Å². The number of hydrogen-bond acceptors (Lipinski definition) is 7. The second-order valence-corrected chi connectivity index (χ2v) is 13.1. The van der Waals surface area contributed by atoms with Gasteiger partial charge < -0.3 is 25.0 Å². The summed E-state index contributed by atoms with van der Waals surface area (Å²) in [5.41, 5.74) is 0. The molecule has 234 valence electrons. The van der Waals surface area contributed by atoms with E-state index in [-0.39, 0.29) is 6.61 Å². The monoisotopic (exact) mass is 630 g/mol. The number of amides is 2. The molecular weight excluding hydrogens is 595 g/mol. The van der Waals surface area contributed by atoms with Crippen LogP contribution in [0.5, 0.6) is 5.75 Å². The lowest BCUT2D eigenvalue weighted by molar-refractivity contribution is -0.141. The Kier molecular flexibility index (Phi) is 11.2. The Hall–Kier alpha value is -4.79. The van der Waals surface area contributed by atoms with Crippen LogP contribution in [0, 0.1) is 5.92 Å². The Morgan fingerprint density at radius 2 is 1.33 bits per heavy atom. The van der Waals surface area contributed by atoms with Crippen molar-refractivity contribution in [2.45, 2.75) is 32.4 Å². The molecule has 4 aromatic carbocycles. The van der Waals surface area contributed by atoms with Gasteiger partial charge in [-0.25, -0.2) is 0 Å². The molecule has 0 bridgehead atoms. The van der Waals surface area contributed by atoms with Gasteiger partial charge in [0.1, 0.15) is 24.4 Å². The fraction of sp³-hybridized carbons (Fsp3) is 0.235. The number of Topliss-reactive ketones (excluding diaryl/α,β-unsaturated/α-hetero) is 1. The second-order valence-electron chi connectivity index (χ2n) is 10.7. The minimum atomic E-state index is -3.74. The van der Waals surface area contributed by atoms with Crippen LogP contribution in [-0.2, 0) is 28.3 Å². The number of rotatable bonds is 15. The number of aliphatic carboxylic acids is 1. The van der Waals surface area contributed by atoms with Gasteiger partial charge >= 0.3 is 5.97 Å². The molecule has 2 atom stereocenters. The predicted molar refractivity (Wildman–Crippen MR) is 171 cm³/mol. The fourth-order valence-electron chi connectivity index (χ4n) is 4.70. The summed E-state index contributed by atoms with van der Waals surface area (Å²) in [6.07, 6.45) is -0.738. The molecule has 0 unspecified atom stereocenters. The van der Waals surface area contributed by atoms with Crippen molar-refractivity contribution in [3.05, 3.63) is 103 Å². The van der Waals surface area contributed by atoms with E-state index in [1.165, 1.54) is 0 Å². The molecule has 0 aliphatic carbocycles. The van der Waals surface area contributed by atoms with Gasteiger partial charge in [0.25, 0.3) is 13.3 Å². The molecule has 0 heterocycles. The van der Waals surface area contributed by atoms with Crippen molar-refractivity contribution in [1.29, 1.82) is 0 Å². The third kappa shape index (κ3) is 8.65. The predicted octanol–water partition coefficient (Wildman–Crippen LogP) is 3.83. The van der Waals surface area contributed by atoms with Gasteiger partial charge in [-0.2, -0.15) is 0 Å². The molecule has 0 spiro atoms. The molecule has 0 fully saturated rings. The molecule has 4 aromatic rings. The van der Waals surface area contributed by atoms with E-state index < -0.39 is 62.0 Å². The van der Waals surface area contributed by atoms with E-state index in [4.69, 9.17) is 9.26 Å². The van der Waals surface area contributed by atoms with Gasteiger partial charge in [-0.15, -0.1) is 0 Å². The zero-order valence-corrected chi connectivity index (χ0v) is 25.8. The highest BCUT2D eigenvalue weighted by molar-refractivity contribution is 7.74. The van der Waals surface area contributed by atoms with E-state index in [9.17, 15) is 28.8 Å². The summed E-state index contributed by atoms with van der Waals surface area (Å²) >= 11 is 0. The standard InChI is InChI=1S/C34H35N2O8P/c1-23(2)33(36-31(38)22-43-30-19-11-13-24-12-9-10-18-27(24)30)34(41)35-28(20-32(39)40)29(37)21-44-45(42,25-14-5-3-6-15-25)26-16-7-4-8-17-26/h3-19,23,28,33H,20-22H2,1-2H3,(H,35,41)(H,36,38)(H,39,40)/t28-,33-/m0/s1. The molecule has 0 saturated heterocycles. The summed E-state index contributed by atoms with van der Waals surface area (Å²) in [5.74, 6) is -3.36. The van der Waals surface area contributed by atoms with Crippen LogP contribution in [-0.4, -0.2) is 54.0 Å². The minimum absolute atomic E-state index is 0.358. The average Bonchev–Trinajstić information content (AvgIpc) is 3.05. The minimum Gasteiger partial charge on any atom is -0.483 e. The SMILES string of the molecule is CC(C)[C@H](NC(=O)COc1cccc2ccccc12)C(=O)N[C@@H](CC(=O)O)C(=O)COP(=O)(c1ccccc1)c1ccccc1. The molecule has 0 aliphatic rings. The van der Waals surface area contributed by atoms with Crippen LogP contribution in [0.25, 0.3) is 10.8 Å². The Bertz CT molecular complexity index is 1650. The number of carbonyl (C=O) groups excluding carboxylic acids is 3. The lowest BCUT2D eigenvalue weighted by Gasteiger charge is -2.25. The number of hydrogen-bond donors (Lipinski definition) is 3. The Morgan fingerprint density at radius 1 is 0.756 bits per heavy atom. The number of fused-ring (bicyclic) bond motifs is 1. The summed E-state index contributed by atoms with van der Waals surface area (Å²) in [5, 5.41) is 17.0. The largest absolute Gasteiger partial charge is 0.483 e. The van der Waals surface area contributed by atoms with Crippen molar-refractivity contribution in [2.75, 3.05) is 13.2 Å². The first-order valence-corrected chi connectivity index (χ1v) is 16.0. The van der Waals surface area contributed by atoms with Gasteiger partial charge in [0.05, 0.1) is 6.42 Å². The lowest BCUT2D eigenvalue weighted by atomic mass is 10.0. The number of carboxylic acid groups (broad SMARTS) is 1. The zero-order valence-electron chi connectivity index (χ0n) is 24.9. The molecular formula is C34H35N2O8P. The molecule has 2 amide bonds. The highest BCUT2D eigenvalue weighted by atomic mass is 31.2. The maximum atomic E-state index is 14.1. The number of carboxylic acids is 1. The second kappa shape index (κ2) is 15.3. The first-order valence-electron chi connectivity index (χ1n) is 14.4. The van der Waals surface area contributed by atoms with Crippen molar-refractivity contribution in [3.8, 4) is 5.75 Å². The summed E-state index contributed by atoms with van der Waals surface area (Å²) in [6, 6.07) is 27.2. The van der Waals surface area contributed by atoms with E-state index >= 15 is 0 Å². The van der Waals surface area contributed by atoms with E-state index in [0.29, 0.717) is 16.4 Å². The number of ether oxygens (including phenoxy) is 1. The van der Waals surface area contributed by atoms with Crippen LogP contribution in [0.15, 0.2) is 103 Å². The molecule has 0 aromatic heterocycles. The fourth-order valence-corrected chi connectivity index (χ4v) is 6.73. The van der Waals surface area contributed by atoms with Gasteiger partial charge in [-0.05, 0) is 41.6 Å². The van der Waals surface area contributed by atoms with Crippen LogP contribution >= 0.6 is 7.37 Å². The van der Waals surface area contributed by atoms with Crippen LogP contribution in [0.1, 0.15) is 20.3 Å². The van der Waals surface area contributed by atoms with Gasteiger partial charge in [0, 0.05) is 16.0 Å².